The van der Waals surface area contributed by atoms with Crippen molar-refractivity contribution in [3.05, 3.63) is 17.8 Å². The van der Waals surface area contributed by atoms with Crippen LogP contribution in [0.25, 0.3) is 0 Å². The molecule has 100 valence electrons. The number of anilines is 2. The molecule has 0 fully saturated rings. The maximum atomic E-state index is 12.0. The van der Waals surface area contributed by atoms with Gasteiger partial charge >= 0.3 is 12.1 Å². The number of hydrogen-bond acceptors (Lipinski definition) is 5. The number of ether oxygens (including phenoxy) is 1. The van der Waals surface area contributed by atoms with Crippen LogP contribution in [0.3, 0.4) is 0 Å². The van der Waals surface area contributed by atoms with Crippen molar-refractivity contribution in [3.63, 3.8) is 0 Å². The largest absolute Gasteiger partial charge is 0.465 e. The second kappa shape index (κ2) is 5.56. The van der Waals surface area contributed by atoms with E-state index in [2.05, 4.69) is 15.0 Å². The number of carbonyl (C=O) groups is 1. The molecule has 0 atom stereocenters. The molecule has 5 nitrogen and oxygen atoms in total. The zero-order chi connectivity index (χ0) is 13.8. The van der Waals surface area contributed by atoms with Crippen LogP contribution in [0.4, 0.5) is 24.7 Å². The maximum Gasteiger partial charge on any atom is 0.390 e. The Kier molecular flexibility index (Phi) is 4.35. The fourth-order valence-corrected chi connectivity index (χ4v) is 1.21. The summed E-state index contributed by atoms with van der Waals surface area (Å²) in [4.78, 5) is 15.1. The molecule has 0 amide bonds. The third-order valence-corrected chi connectivity index (χ3v) is 2.02. The SMILES string of the molecule is COC(=O)c1cc(N)cnc1NCCC(F)(F)F. The van der Waals surface area contributed by atoms with Gasteiger partial charge in [-0.3, -0.25) is 0 Å². The van der Waals surface area contributed by atoms with Gasteiger partial charge in [-0.05, 0) is 6.07 Å². The summed E-state index contributed by atoms with van der Waals surface area (Å²) in [5, 5.41) is 2.42. The molecule has 8 heteroatoms. The van der Waals surface area contributed by atoms with Gasteiger partial charge < -0.3 is 15.8 Å². The van der Waals surface area contributed by atoms with Gasteiger partial charge in [0.2, 0.25) is 0 Å². The van der Waals surface area contributed by atoms with Crippen LogP contribution in [0.5, 0.6) is 0 Å². The first-order valence-electron chi connectivity index (χ1n) is 4.98. The summed E-state index contributed by atoms with van der Waals surface area (Å²) in [6.07, 6.45) is -4.06. The van der Waals surface area contributed by atoms with Gasteiger partial charge in [0.25, 0.3) is 0 Å². The van der Waals surface area contributed by atoms with E-state index in [4.69, 9.17) is 5.73 Å². The van der Waals surface area contributed by atoms with E-state index in [9.17, 15) is 18.0 Å². The zero-order valence-electron chi connectivity index (χ0n) is 9.54. The molecule has 0 spiro atoms. The molecule has 0 saturated heterocycles. The summed E-state index contributed by atoms with van der Waals surface area (Å²) in [5.74, 6) is -0.704. The standard InChI is InChI=1S/C10H12F3N3O2/c1-18-9(17)7-4-6(14)5-16-8(7)15-3-2-10(11,12)13/h4-5H,2-3,14H2,1H3,(H,15,16). The van der Waals surface area contributed by atoms with E-state index in [1.54, 1.807) is 0 Å². The molecule has 18 heavy (non-hydrogen) atoms. The van der Waals surface area contributed by atoms with Crippen LogP contribution < -0.4 is 11.1 Å². The molecule has 0 aliphatic rings. The van der Waals surface area contributed by atoms with Crippen molar-refractivity contribution < 1.29 is 22.7 Å². The first kappa shape index (κ1) is 14.1. The van der Waals surface area contributed by atoms with Gasteiger partial charge in [-0.15, -0.1) is 0 Å². The van der Waals surface area contributed by atoms with Crippen molar-refractivity contribution in [2.24, 2.45) is 0 Å². The minimum atomic E-state index is -4.27. The minimum absolute atomic E-state index is 0.000301. The quantitative estimate of drug-likeness (QED) is 0.810. The Morgan fingerprint density at radius 2 is 2.22 bits per heavy atom. The number of nitrogens with two attached hydrogens (primary N) is 1. The van der Waals surface area contributed by atoms with Gasteiger partial charge in [0.1, 0.15) is 11.4 Å². The van der Waals surface area contributed by atoms with Gasteiger partial charge in [0.05, 0.1) is 25.4 Å². The molecule has 0 aromatic carbocycles. The number of methoxy groups -OCH3 is 1. The number of esters is 1. The molecule has 3 N–H and O–H groups in total. The molecule has 1 aromatic heterocycles. The number of nitrogens with zero attached hydrogens (tertiary/aromatic N) is 1. The van der Waals surface area contributed by atoms with Crippen LogP contribution >= 0.6 is 0 Å². The molecule has 0 radical (unpaired) electrons. The molecule has 1 aromatic rings. The van der Waals surface area contributed by atoms with E-state index >= 15 is 0 Å². The highest BCUT2D eigenvalue weighted by Crippen LogP contribution is 2.21. The third kappa shape index (κ3) is 4.11. The van der Waals surface area contributed by atoms with E-state index in [-0.39, 0.29) is 23.6 Å². The number of alkyl halides is 3. The minimum Gasteiger partial charge on any atom is -0.465 e. The Bertz CT molecular complexity index is 435. The monoisotopic (exact) mass is 263 g/mol. The maximum absolute atomic E-state index is 12.0. The highest BCUT2D eigenvalue weighted by Gasteiger charge is 2.26. The molecule has 0 unspecified atom stereocenters. The number of rotatable bonds is 4. The predicted octanol–water partition coefficient (Wildman–Crippen LogP) is 1.81. The smallest absolute Gasteiger partial charge is 0.390 e. The van der Waals surface area contributed by atoms with Gasteiger partial charge in [0.15, 0.2) is 0 Å². The summed E-state index contributed by atoms with van der Waals surface area (Å²) < 4.78 is 40.4. The van der Waals surface area contributed by atoms with Crippen molar-refractivity contribution >= 4 is 17.5 Å². The van der Waals surface area contributed by atoms with Crippen molar-refractivity contribution in [1.29, 1.82) is 0 Å². The Labute approximate surface area is 101 Å². The summed E-state index contributed by atoms with van der Waals surface area (Å²) in [6.45, 7) is -0.385. The van der Waals surface area contributed by atoms with E-state index in [0.29, 0.717) is 0 Å². The third-order valence-electron chi connectivity index (χ3n) is 2.02. The number of hydrogen-bond donors (Lipinski definition) is 2. The van der Waals surface area contributed by atoms with Crippen LogP contribution in [0.2, 0.25) is 0 Å². The number of nitrogens with one attached hydrogen (secondary N) is 1. The van der Waals surface area contributed by atoms with E-state index in [0.717, 1.165) is 7.11 Å². The number of aromatic nitrogens is 1. The Morgan fingerprint density at radius 1 is 1.56 bits per heavy atom. The Morgan fingerprint density at radius 3 is 2.78 bits per heavy atom. The number of carbonyl (C=O) groups excluding carboxylic acids is 1. The fourth-order valence-electron chi connectivity index (χ4n) is 1.21. The number of pyridine rings is 1. The highest BCUT2D eigenvalue weighted by atomic mass is 19.4. The van der Waals surface area contributed by atoms with Gasteiger partial charge in [-0.25, -0.2) is 9.78 Å². The summed E-state index contributed by atoms with van der Waals surface area (Å²) in [6, 6.07) is 1.29. The van der Waals surface area contributed by atoms with Crippen LogP contribution in [0, 0.1) is 0 Å². The Hall–Kier alpha value is -1.99. The molecule has 0 aliphatic heterocycles. The van der Waals surface area contributed by atoms with Crippen molar-refractivity contribution in [3.8, 4) is 0 Å². The lowest BCUT2D eigenvalue weighted by molar-refractivity contribution is -0.131. The van der Waals surface area contributed by atoms with Crippen molar-refractivity contribution in [2.45, 2.75) is 12.6 Å². The number of halogens is 3. The van der Waals surface area contributed by atoms with Gasteiger partial charge in [-0.2, -0.15) is 13.2 Å². The molecule has 1 rings (SSSR count). The lowest BCUT2D eigenvalue weighted by atomic mass is 10.2. The average Bonchev–Trinajstić information content (AvgIpc) is 2.28. The topological polar surface area (TPSA) is 77.2 Å². The molecule has 0 aliphatic carbocycles. The first-order chi connectivity index (χ1) is 8.33. The normalized spacial score (nSPS) is 11.1. The second-order valence-corrected chi connectivity index (χ2v) is 3.45. The predicted molar refractivity (Wildman–Crippen MR) is 59.2 cm³/mol. The molecule has 1 heterocycles. The highest BCUT2D eigenvalue weighted by molar-refractivity contribution is 5.95. The lowest BCUT2D eigenvalue weighted by Crippen LogP contribution is -2.17. The fraction of sp³-hybridized carbons (Fsp3) is 0.400. The summed E-state index contributed by atoms with van der Waals surface area (Å²) in [5.41, 5.74) is 5.66. The van der Waals surface area contributed by atoms with Crippen LogP contribution in [-0.4, -0.2) is 30.8 Å². The zero-order valence-corrected chi connectivity index (χ0v) is 9.54. The molecule has 0 saturated carbocycles. The molecular weight excluding hydrogens is 251 g/mol. The average molecular weight is 263 g/mol. The lowest BCUT2D eigenvalue weighted by Gasteiger charge is -2.11. The molecule has 0 bridgehead atoms. The van der Waals surface area contributed by atoms with Gasteiger partial charge in [-0.1, -0.05) is 0 Å². The number of nitrogen functional groups attached to an aromatic ring is 1. The van der Waals surface area contributed by atoms with E-state index < -0.39 is 18.6 Å². The van der Waals surface area contributed by atoms with E-state index in [1.165, 1.54) is 12.3 Å². The van der Waals surface area contributed by atoms with Crippen LogP contribution in [0.15, 0.2) is 12.3 Å². The van der Waals surface area contributed by atoms with Crippen LogP contribution in [-0.2, 0) is 4.74 Å². The molecular formula is C10H12F3N3O2. The van der Waals surface area contributed by atoms with Crippen molar-refractivity contribution in [1.82, 2.24) is 4.98 Å². The summed E-state index contributed by atoms with van der Waals surface area (Å²) >= 11 is 0. The van der Waals surface area contributed by atoms with E-state index in [1.807, 2.05) is 0 Å². The first-order valence-corrected chi connectivity index (χ1v) is 4.98. The van der Waals surface area contributed by atoms with Crippen molar-refractivity contribution in [2.75, 3.05) is 24.7 Å². The Balaban J connectivity index is 2.79. The summed E-state index contributed by atoms with van der Waals surface area (Å²) in [7, 11) is 1.16. The second-order valence-electron chi connectivity index (χ2n) is 3.45. The van der Waals surface area contributed by atoms with Gasteiger partial charge in [0, 0.05) is 6.54 Å². The van der Waals surface area contributed by atoms with Crippen LogP contribution in [0.1, 0.15) is 16.8 Å².